The summed E-state index contributed by atoms with van der Waals surface area (Å²) in [5, 5.41) is 11.5. The first-order chi connectivity index (χ1) is 18.1. The SMILES string of the molecule is COc1ccc(CN2C(=O)C(=O)/C(=C(\O)c3ccc(OC)cc3OC)C2c2ccc(C(C)(C)C)cc2)cc1. The van der Waals surface area contributed by atoms with Crippen molar-refractivity contribution in [3.05, 3.63) is 94.6 Å². The Morgan fingerprint density at radius 3 is 2.00 bits per heavy atom. The third kappa shape index (κ3) is 5.09. The van der Waals surface area contributed by atoms with Crippen molar-refractivity contribution < 1.29 is 28.9 Å². The van der Waals surface area contributed by atoms with E-state index in [1.165, 1.54) is 19.1 Å². The van der Waals surface area contributed by atoms with Crippen LogP contribution in [-0.4, -0.2) is 43.0 Å². The highest BCUT2D eigenvalue weighted by molar-refractivity contribution is 6.46. The average molecular weight is 516 g/mol. The predicted molar refractivity (Wildman–Crippen MR) is 146 cm³/mol. The minimum Gasteiger partial charge on any atom is -0.507 e. The van der Waals surface area contributed by atoms with Gasteiger partial charge in [-0.05, 0) is 46.4 Å². The summed E-state index contributed by atoms with van der Waals surface area (Å²) in [7, 11) is 4.58. The molecule has 1 aliphatic heterocycles. The van der Waals surface area contributed by atoms with E-state index < -0.39 is 17.7 Å². The van der Waals surface area contributed by atoms with Gasteiger partial charge in [-0.2, -0.15) is 0 Å². The summed E-state index contributed by atoms with van der Waals surface area (Å²) in [6.07, 6.45) is 0. The molecule has 1 aliphatic rings. The molecule has 3 aromatic rings. The normalized spacial score (nSPS) is 17.0. The molecule has 0 spiro atoms. The molecule has 1 N–H and O–H groups in total. The number of hydrogen-bond donors (Lipinski definition) is 1. The molecule has 0 aliphatic carbocycles. The Morgan fingerprint density at radius 1 is 0.842 bits per heavy atom. The largest absolute Gasteiger partial charge is 0.507 e. The van der Waals surface area contributed by atoms with E-state index in [0.717, 1.165) is 16.7 Å². The fourth-order valence-electron chi connectivity index (χ4n) is 4.62. The van der Waals surface area contributed by atoms with Crippen LogP contribution in [0, 0.1) is 0 Å². The van der Waals surface area contributed by atoms with Gasteiger partial charge in [0.2, 0.25) is 0 Å². The van der Waals surface area contributed by atoms with Crippen LogP contribution >= 0.6 is 0 Å². The van der Waals surface area contributed by atoms with Gasteiger partial charge >= 0.3 is 0 Å². The van der Waals surface area contributed by atoms with Gasteiger partial charge in [-0.1, -0.05) is 57.2 Å². The van der Waals surface area contributed by atoms with E-state index in [-0.39, 0.29) is 23.3 Å². The van der Waals surface area contributed by atoms with Gasteiger partial charge in [0.25, 0.3) is 11.7 Å². The van der Waals surface area contributed by atoms with Crippen molar-refractivity contribution >= 4 is 17.4 Å². The lowest BCUT2D eigenvalue weighted by Crippen LogP contribution is -2.29. The van der Waals surface area contributed by atoms with Crippen LogP contribution in [0.2, 0.25) is 0 Å². The van der Waals surface area contributed by atoms with Gasteiger partial charge in [0, 0.05) is 12.6 Å². The molecule has 0 radical (unpaired) electrons. The molecule has 0 bridgehead atoms. The van der Waals surface area contributed by atoms with Crippen molar-refractivity contribution in [1.29, 1.82) is 0 Å². The summed E-state index contributed by atoms with van der Waals surface area (Å²) < 4.78 is 16.0. The molecule has 7 nitrogen and oxygen atoms in total. The summed E-state index contributed by atoms with van der Waals surface area (Å²) in [6, 6.07) is 19.2. The van der Waals surface area contributed by atoms with Crippen LogP contribution in [0.15, 0.2) is 72.3 Å². The number of nitrogens with zero attached hydrogens (tertiary/aromatic N) is 1. The predicted octanol–water partition coefficient (Wildman–Crippen LogP) is 5.63. The van der Waals surface area contributed by atoms with Gasteiger partial charge in [0.05, 0.1) is 38.5 Å². The van der Waals surface area contributed by atoms with Crippen molar-refractivity contribution in [3.63, 3.8) is 0 Å². The highest BCUT2D eigenvalue weighted by Gasteiger charge is 2.46. The van der Waals surface area contributed by atoms with Crippen LogP contribution in [0.5, 0.6) is 17.2 Å². The number of carbonyl (C=O) groups excluding carboxylic acids is 2. The number of Topliss-reactive ketones (excluding diaryl/α,β-unsaturated/α-hetero) is 1. The minimum absolute atomic E-state index is 0.00971. The third-order valence-corrected chi connectivity index (χ3v) is 6.81. The zero-order valence-corrected chi connectivity index (χ0v) is 22.6. The van der Waals surface area contributed by atoms with Gasteiger partial charge in [0.15, 0.2) is 0 Å². The molecule has 7 heteroatoms. The van der Waals surface area contributed by atoms with E-state index in [2.05, 4.69) is 20.8 Å². The van der Waals surface area contributed by atoms with Crippen molar-refractivity contribution in [2.75, 3.05) is 21.3 Å². The molecule has 0 saturated carbocycles. The highest BCUT2D eigenvalue weighted by atomic mass is 16.5. The summed E-state index contributed by atoms with van der Waals surface area (Å²) >= 11 is 0. The lowest BCUT2D eigenvalue weighted by molar-refractivity contribution is -0.140. The molecule has 1 fully saturated rings. The molecule has 1 amide bonds. The van der Waals surface area contributed by atoms with Gasteiger partial charge in [-0.3, -0.25) is 9.59 Å². The number of aliphatic hydroxyl groups excluding tert-OH is 1. The average Bonchev–Trinajstić information content (AvgIpc) is 3.17. The molecule has 198 valence electrons. The monoisotopic (exact) mass is 515 g/mol. The Bertz CT molecular complexity index is 1370. The van der Waals surface area contributed by atoms with Crippen molar-refractivity contribution in [3.8, 4) is 17.2 Å². The summed E-state index contributed by atoms with van der Waals surface area (Å²) in [4.78, 5) is 28.4. The molecule has 0 aromatic heterocycles. The fourth-order valence-corrected chi connectivity index (χ4v) is 4.62. The Kier molecular flexibility index (Phi) is 7.49. The lowest BCUT2D eigenvalue weighted by Gasteiger charge is -2.27. The van der Waals surface area contributed by atoms with Crippen LogP contribution < -0.4 is 14.2 Å². The number of amides is 1. The molecule has 1 atom stereocenters. The van der Waals surface area contributed by atoms with E-state index in [1.807, 2.05) is 36.4 Å². The van der Waals surface area contributed by atoms with Crippen LogP contribution in [-0.2, 0) is 21.5 Å². The fraction of sp³-hybridized carbons (Fsp3) is 0.290. The summed E-state index contributed by atoms with van der Waals surface area (Å²) in [5.74, 6) is -0.182. The summed E-state index contributed by atoms with van der Waals surface area (Å²) in [5.41, 5.74) is 2.90. The number of methoxy groups -OCH3 is 3. The topological polar surface area (TPSA) is 85.3 Å². The maximum absolute atomic E-state index is 13.5. The Balaban J connectivity index is 1.87. The van der Waals surface area contributed by atoms with E-state index >= 15 is 0 Å². The van der Waals surface area contributed by atoms with Crippen molar-refractivity contribution in [2.45, 2.75) is 38.8 Å². The third-order valence-electron chi connectivity index (χ3n) is 6.81. The Hall–Kier alpha value is -4.26. The van der Waals surface area contributed by atoms with Gasteiger partial charge < -0.3 is 24.2 Å². The lowest BCUT2D eigenvalue weighted by atomic mass is 9.85. The second kappa shape index (κ2) is 10.6. The highest BCUT2D eigenvalue weighted by Crippen LogP contribution is 2.42. The first-order valence-electron chi connectivity index (χ1n) is 12.3. The number of benzene rings is 3. The van der Waals surface area contributed by atoms with Crippen LogP contribution in [0.4, 0.5) is 0 Å². The quantitative estimate of drug-likeness (QED) is 0.249. The number of hydrogen-bond acceptors (Lipinski definition) is 6. The Labute approximate surface area is 223 Å². The van der Waals surface area contributed by atoms with Gasteiger partial charge in [-0.25, -0.2) is 0 Å². The second-order valence-electron chi connectivity index (χ2n) is 10.2. The smallest absolute Gasteiger partial charge is 0.295 e. The summed E-state index contributed by atoms with van der Waals surface area (Å²) in [6.45, 7) is 6.53. The number of rotatable bonds is 7. The van der Waals surface area contributed by atoms with E-state index in [4.69, 9.17) is 14.2 Å². The zero-order chi connectivity index (χ0) is 27.6. The van der Waals surface area contributed by atoms with Crippen molar-refractivity contribution in [1.82, 2.24) is 4.90 Å². The number of likely N-dealkylation sites (tertiary alicyclic amines) is 1. The van der Waals surface area contributed by atoms with Crippen molar-refractivity contribution in [2.24, 2.45) is 0 Å². The molecule has 1 heterocycles. The molecular formula is C31H33NO6. The number of ether oxygens (including phenoxy) is 3. The molecule has 4 rings (SSSR count). The minimum atomic E-state index is -0.794. The first-order valence-corrected chi connectivity index (χ1v) is 12.3. The van der Waals surface area contributed by atoms with Crippen LogP contribution in [0.1, 0.15) is 49.1 Å². The first kappa shape index (κ1) is 26.8. The van der Waals surface area contributed by atoms with Gasteiger partial charge in [0.1, 0.15) is 23.0 Å². The molecule has 1 saturated heterocycles. The van der Waals surface area contributed by atoms with Gasteiger partial charge in [-0.15, -0.1) is 0 Å². The molecule has 3 aromatic carbocycles. The van der Waals surface area contributed by atoms with Crippen LogP contribution in [0.3, 0.4) is 0 Å². The molecule has 38 heavy (non-hydrogen) atoms. The molecular weight excluding hydrogens is 482 g/mol. The van der Waals surface area contributed by atoms with E-state index in [9.17, 15) is 14.7 Å². The maximum atomic E-state index is 13.5. The Morgan fingerprint density at radius 2 is 1.45 bits per heavy atom. The second-order valence-corrected chi connectivity index (χ2v) is 10.2. The number of ketones is 1. The number of aliphatic hydroxyl groups is 1. The standard InChI is InChI=1S/C31H33NO6/c1-31(2,3)21-11-9-20(10-12-21)27-26(28(33)24-16-15-23(37-5)17-25(24)38-6)29(34)30(35)32(27)18-19-7-13-22(36-4)14-8-19/h7-17,27,33H,18H2,1-6H3/b28-26-. The van der Waals surface area contributed by atoms with E-state index in [0.29, 0.717) is 22.8 Å². The zero-order valence-electron chi connectivity index (χ0n) is 22.6. The number of carbonyl (C=O) groups is 2. The maximum Gasteiger partial charge on any atom is 0.295 e. The van der Waals surface area contributed by atoms with Crippen LogP contribution in [0.25, 0.3) is 5.76 Å². The van der Waals surface area contributed by atoms with E-state index in [1.54, 1.807) is 37.4 Å². The molecule has 1 unspecified atom stereocenters.